The molecule has 0 atom stereocenters. The van der Waals surface area contributed by atoms with Crippen molar-refractivity contribution in [2.75, 3.05) is 20.3 Å². The van der Waals surface area contributed by atoms with Crippen molar-refractivity contribution in [3.63, 3.8) is 0 Å². The zero-order chi connectivity index (χ0) is 15.2. The Morgan fingerprint density at radius 2 is 2.05 bits per heavy atom. The minimum Gasteiger partial charge on any atom is -0.496 e. The molecule has 20 heavy (non-hydrogen) atoms. The first-order chi connectivity index (χ1) is 9.49. The van der Waals surface area contributed by atoms with Gasteiger partial charge in [-0.2, -0.15) is 0 Å². The number of ether oxygens (including phenoxy) is 1. The highest BCUT2D eigenvalue weighted by Gasteiger charge is 2.21. The lowest BCUT2D eigenvalue weighted by molar-refractivity contribution is 0.103. The molecule has 6 N–H and O–H groups in total. The van der Waals surface area contributed by atoms with E-state index in [-0.39, 0.29) is 19.0 Å². The minimum atomic E-state index is -0.752. The van der Waals surface area contributed by atoms with Crippen molar-refractivity contribution < 1.29 is 20.2 Å². The van der Waals surface area contributed by atoms with E-state index in [1.807, 2.05) is 0 Å². The fourth-order valence-electron chi connectivity index (χ4n) is 1.59. The summed E-state index contributed by atoms with van der Waals surface area (Å²) in [5.74, 6) is 0.450. The van der Waals surface area contributed by atoms with E-state index in [1.54, 1.807) is 25.1 Å². The molecule has 1 aromatic carbocycles. The number of methoxy groups -OCH3 is 1. The summed E-state index contributed by atoms with van der Waals surface area (Å²) >= 11 is 0. The normalized spacial score (nSPS) is 12.5. The second-order valence-corrected chi connectivity index (χ2v) is 4.75. The third kappa shape index (κ3) is 3.83. The highest BCUT2D eigenvalue weighted by Crippen LogP contribution is 2.20. The Morgan fingerprint density at radius 3 is 2.55 bits per heavy atom. The molecule has 0 spiro atoms. The second-order valence-electron chi connectivity index (χ2n) is 4.75. The average Bonchev–Trinajstić information content (AvgIpc) is 2.51. The predicted octanol–water partition coefficient (Wildman–Crippen LogP) is -0.377. The van der Waals surface area contributed by atoms with Crippen LogP contribution >= 0.6 is 0 Å². The summed E-state index contributed by atoms with van der Waals surface area (Å²) in [6.07, 6.45) is 0. The maximum absolute atomic E-state index is 9.21. The number of aliphatic hydroxyl groups is 2. The molecule has 0 aromatic heterocycles. The Labute approximate surface area is 117 Å². The molecular weight excluding hydrogens is 262 g/mol. The number of hydrogen-bond acceptors (Lipinski definition) is 6. The van der Waals surface area contributed by atoms with Crippen LogP contribution in [-0.4, -0.2) is 47.1 Å². The molecule has 0 saturated carbocycles. The third-order valence-electron chi connectivity index (χ3n) is 3.07. The lowest BCUT2D eigenvalue weighted by atomic mass is 10.0. The molecule has 0 unspecified atom stereocenters. The summed E-state index contributed by atoms with van der Waals surface area (Å²) in [4.78, 5) is 0. The van der Waals surface area contributed by atoms with Crippen LogP contribution in [0, 0.1) is 0 Å². The molecule has 0 amide bonds. The maximum atomic E-state index is 9.21. The Hall–Kier alpha value is -1.83. The number of oxime groups is 1. The predicted molar refractivity (Wildman–Crippen MR) is 74.9 cm³/mol. The van der Waals surface area contributed by atoms with Gasteiger partial charge in [0.2, 0.25) is 0 Å². The largest absolute Gasteiger partial charge is 0.496 e. The lowest BCUT2D eigenvalue weighted by Gasteiger charge is -2.26. The summed E-state index contributed by atoms with van der Waals surface area (Å²) in [6.45, 7) is 1.80. The van der Waals surface area contributed by atoms with Crippen LogP contribution in [0.15, 0.2) is 23.4 Å². The van der Waals surface area contributed by atoms with Crippen molar-refractivity contribution in [1.82, 2.24) is 5.32 Å². The molecule has 0 saturated heterocycles. The Kier molecular flexibility index (Phi) is 5.75. The summed E-state index contributed by atoms with van der Waals surface area (Å²) in [5, 5.41) is 33.1. The first kappa shape index (κ1) is 16.2. The standard InChI is InChI=1S/C13H21N3O4/c1-13(7-17,8-18)15-6-9-3-4-10(12(14)16-19)11(5-9)20-2/h3-5,15,17-19H,6-8H2,1-2H3,(H2,14,16). The monoisotopic (exact) mass is 283 g/mol. The average molecular weight is 283 g/mol. The van der Waals surface area contributed by atoms with Gasteiger partial charge in [-0.1, -0.05) is 11.2 Å². The van der Waals surface area contributed by atoms with Crippen LogP contribution < -0.4 is 15.8 Å². The molecule has 112 valence electrons. The van der Waals surface area contributed by atoms with Crippen LogP contribution in [0.5, 0.6) is 5.75 Å². The van der Waals surface area contributed by atoms with Gasteiger partial charge in [0.1, 0.15) is 5.75 Å². The van der Waals surface area contributed by atoms with E-state index in [4.69, 9.17) is 15.7 Å². The van der Waals surface area contributed by atoms with Gasteiger partial charge in [-0.05, 0) is 24.6 Å². The summed E-state index contributed by atoms with van der Waals surface area (Å²) in [6, 6.07) is 5.22. The number of nitrogens with two attached hydrogens (primary N) is 1. The molecule has 0 radical (unpaired) electrons. The van der Waals surface area contributed by atoms with E-state index in [0.29, 0.717) is 17.9 Å². The van der Waals surface area contributed by atoms with Crippen molar-refractivity contribution in [2.45, 2.75) is 19.0 Å². The summed E-state index contributed by atoms with van der Waals surface area (Å²) in [5.41, 5.74) is 6.16. The topological polar surface area (TPSA) is 120 Å². The molecule has 0 aliphatic rings. The SMILES string of the molecule is COc1cc(CNC(C)(CO)CO)ccc1/C(N)=N/O. The van der Waals surface area contributed by atoms with Crippen molar-refractivity contribution in [2.24, 2.45) is 10.9 Å². The Morgan fingerprint density at radius 1 is 1.40 bits per heavy atom. The molecule has 1 rings (SSSR count). The van der Waals surface area contributed by atoms with Crippen molar-refractivity contribution in [1.29, 1.82) is 0 Å². The first-order valence-corrected chi connectivity index (χ1v) is 6.11. The third-order valence-corrected chi connectivity index (χ3v) is 3.07. The van der Waals surface area contributed by atoms with Gasteiger partial charge in [-0.15, -0.1) is 0 Å². The number of benzene rings is 1. The second kappa shape index (κ2) is 7.09. The highest BCUT2D eigenvalue weighted by atomic mass is 16.5. The molecule has 0 fully saturated rings. The van der Waals surface area contributed by atoms with E-state index < -0.39 is 5.54 Å². The first-order valence-electron chi connectivity index (χ1n) is 6.11. The van der Waals surface area contributed by atoms with E-state index in [2.05, 4.69) is 10.5 Å². The van der Waals surface area contributed by atoms with Gasteiger partial charge in [0.15, 0.2) is 5.84 Å². The van der Waals surface area contributed by atoms with Gasteiger partial charge in [0, 0.05) is 6.54 Å². The molecule has 7 heteroatoms. The van der Waals surface area contributed by atoms with Gasteiger partial charge < -0.3 is 31.2 Å². The fourth-order valence-corrected chi connectivity index (χ4v) is 1.59. The van der Waals surface area contributed by atoms with Crippen molar-refractivity contribution in [3.05, 3.63) is 29.3 Å². The number of aliphatic hydroxyl groups excluding tert-OH is 2. The van der Waals surface area contributed by atoms with Crippen LogP contribution in [0.4, 0.5) is 0 Å². The van der Waals surface area contributed by atoms with Crippen LogP contribution in [0.1, 0.15) is 18.1 Å². The van der Waals surface area contributed by atoms with Gasteiger partial charge in [-0.25, -0.2) is 0 Å². The van der Waals surface area contributed by atoms with Gasteiger partial charge in [0.25, 0.3) is 0 Å². The number of amidine groups is 1. The molecule has 0 bridgehead atoms. The smallest absolute Gasteiger partial charge is 0.173 e. The molecule has 0 heterocycles. The van der Waals surface area contributed by atoms with Crippen molar-refractivity contribution >= 4 is 5.84 Å². The number of rotatable bonds is 7. The minimum absolute atomic E-state index is 0.0306. The number of nitrogens with one attached hydrogen (secondary N) is 1. The Balaban J connectivity index is 2.89. The lowest BCUT2D eigenvalue weighted by Crippen LogP contribution is -2.48. The van der Waals surface area contributed by atoms with Crippen LogP contribution in [0.25, 0.3) is 0 Å². The molecule has 1 aromatic rings. The van der Waals surface area contributed by atoms with Crippen molar-refractivity contribution in [3.8, 4) is 5.75 Å². The maximum Gasteiger partial charge on any atom is 0.173 e. The van der Waals surface area contributed by atoms with Gasteiger partial charge in [0.05, 0.1) is 31.4 Å². The molecule has 0 aliphatic carbocycles. The van der Waals surface area contributed by atoms with Crippen LogP contribution in [0.3, 0.4) is 0 Å². The van der Waals surface area contributed by atoms with Crippen LogP contribution in [0.2, 0.25) is 0 Å². The van der Waals surface area contributed by atoms with Gasteiger partial charge >= 0.3 is 0 Å². The number of hydrogen-bond donors (Lipinski definition) is 5. The summed E-state index contributed by atoms with van der Waals surface area (Å²) in [7, 11) is 1.49. The van der Waals surface area contributed by atoms with E-state index in [9.17, 15) is 10.2 Å². The fraction of sp³-hybridized carbons (Fsp3) is 0.462. The van der Waals surface area contributed by atoms with Gasteiger partial charge in [-0.3, -0.25) is 0 Å². The molecular formula is C13H21N3O4. The quantitative estimate of drug-likeness (QED) is 0.201. The molecule has 0 aliphatic heterocycles. The van der Waals surface area contributed by atoms with E-state index in [0.717, 1.165) is 5.56 Å². The van der Waals surface area contributed by atoms with E-state index in [1.165, 1.54) is 7.11 Å². The summed E-state index contributed by atoms with van der Waals surface area (Å²) < 4.78 is 5.20. The Bertz CT molecular complexity index is 473. The zero-order valence-corrected chi connectivity index (χ0v) is 11.6. The van der Waals surface area contributed by atoms with Crippen LogP contribution in [-0.2, 0) is 6.54 Å². The number of nitrogens with zero attached hydrogens (tertiary/aromatic N) is 1. The highest BCUT2D eigenvalue weighted by molar-refractivity contribution is 5.99. The molecule has 7 nitrogen and oxygen atoms in total. The zero-order valence-electron chi connectivity index (χ0n) is 11.6. The van der Waals surface area contributed by atoms with E-state index >= 15 is 0 Å².